The van der Waals surface area contributed by atoms with Crippen LogP contribution in [0.2, 0.25) is 0 Å². The zero-order valence-corrected chi connectivity index (χ0v) is 13.0. The predicted molar refractivity (Wildman–Crippen MR) is 83.8 cm³/mol. The first-order valence-electron chi connectivity index (χ1n) is 6.98. The standard InChI is InChI=1S/C15H22N2O3.ClH/c1-20-13-6-4-12(5-7-13)14(18)9-17-15(19)10-16-8-11-2-3-11;/h4-7,11,14,16,18H,2-3,8-10H2,1H3,(H,17,19);1H. The Kier molecular flexibility index (Phi) is 7.50. The van der Waals surface area contributed by atoms with Crippen LogP contribution in [0.3, 0.4) is 0 Å². The number of halogens is 1. The molecular formula is C15H23ClN2O3. The summed E-state index contributed by atoms with van der Waals surface area (Å²) in [6, 6.07) is 7.16. The van der Waals surface area contributed by atoms with Crippen molar-refractivity contribution >= 4 is 18.3 Å². The molecule has 0 saturated heterocycles. The monoisotopic (exact) mass is 314 g/mol. The number of methoxy groups -OCH3 is 1. The maximum Gasteiger partial charge on any atom is 0.234 e. The van der Waals surface area contributed by atoms with Gasteiger partial charge in [0.1, 0.15) is 5.75 Å². The molecule has 0 spiro atoms. The van der Waals surface area contributed by atoms with Crippen molar-refractivity contribution in [2.75, 3.05) is 26.7 Å². The van der Waals surface area contributed by atoms with Crippen LogP contribution in [0.5, 0.6) is 5.75 Å². The van der Waals surface area contributed by atoms with Crippen molar-refractivity contribution in [3.63, 3.8) is 0 Å². The summed E-state index contributed by atoms with van der Waals surface area (Å²) in [5, 5.41) is 15.8. The second kappa shape index (κ2) is 8.87. The maximum absolute atomic E-state index is 11.6. The highest BCUT2D eigenvalue weighted by molar-refractivity contribution is 5.85. The minimum Gasteiger partial charge on any atom is -0.497 e. The normalized spacial score (nSPS) is 15.0. The molecule has 3 N–H and O–H groups in total. The Balaban J connectivity index is 0.00000220. The van der Waals surface area contributed by atoms with Crippen LogP contribution in [0.25, 0.3) is 0 Å². The molecule has 1 aliphatic rings. The molecule has 2 rings (SSSR count). The molecule has 1 unspecified atom stereocenters. The molecule has 1 amide bonds. The quantitative estimate of drug-likeness (QED) is 0.676. The van der Waals surface area contributed by atoms with Gasteiger partial charge in [0.05, 0.1) is 19.8 Å². The van der Waals surface area contributed by atoms with Gasteiger partial charge >= 0.3 is 0 Å². The fourth-order valence-corrected chi connectivity index (χ4v) is 1.93. The highest BCUT2D eigenvalue weighted by Crippen LogP contribution is 2.27. The summed E-state index contributed by atoms with van der Waals surface area (Å²) in [5.41, 5.74) is 0.761. The molecule has 1 aliphatic carbocycles. The van der Waals surface area contributed by atoms with E-state index in [4.69, 9.17) is 4.74 Å². The third-order valence-electron chi connectivity index (χ3n) is 3.41. The van der Waals surface area contributed by atoms with E-state index in [0.717, 1.165) is 23.8 Å². The molecule has 5 nitrogen and oxygen atoms in total. The van der Waals surface area contributed by atoms with Crippen LogP contribution in [0.1, 0.15) is 24.5 Å². The number of nitrogens with one attached hydrogen (secondary N) is 2. The molecule has 1 fully saturated rings. The molecule has 0 bridgehead atoms. The number of hydrogen-bond donors (Lipinski definition) is 3. The topological polar surface area (TPSA) is 70.6 Å². The molecular weight excluding hydrogens is 292 g/mol. The molecule has 0 heterocycles. The lowest BCUT2D eigenvalue weighted by Crippen LogP contribution is -2.36. The van der Waals surface area contributed by atoms with E-state index in [2.05, 4.69) is 10.6 Å². The second-order valence-corrected chi connectivity index (χ2v) is 5.17. The van der Waals surface area contributed by atoms with Gasteiger partial charge in [-0.15, -0.1) is 12.4 Å². The van der Waals surface area contributed by atoms with Crippen LogP contribution in [-0.4, -0.2) is 37.8 Å². The van der Waals surface area contributed by atoms with E-state index in [1.54, 1.807) is 31.4 Å². The van der Waals surface area contributed by atoms with Crippen LogP contribution < -0.4 is 15.4 Å². The molecule has 6 heteroatoms. The summed E-state index contributed by atoms with van der Waals surface area (Å²) >= 11 is 0. The number of hydrogen-bond acceptors (Lipinski definition) is 4. The molecule has 1 aromatic rings. The Hall–Kier alpha value is -1.30. The summed E-state index contributed by atoms with van der Waals surface area (Å²) in [5.74, 6) is 1.42. The first-order valence-corrected chi connectivity index (χ1v) is 6.98. The maximum atomic E-state index is 11.6. The van der Waals surface area contributed by atoms with Crippen LogP contribution in [0.15, 0.2) is 24.3 Å². The van der Waals surface area contributed by atoms with Gasteiger partial charge in [-0.05, 0) is 43.0 Å². The van der Waals surface area contributed by atoms with Crippen molar-refractivity contribution in [1.82, 2.24) is 10.6 Å². The summed E-state index contributed by atoms with van der Waals surface area (Å²) < 4.78 is 5.06. The third-order valence-corrected chi connectivity index (χ3v) is 3.41. The lowest BCUT2D eigenvalue weighted by molar-refractivity contribution is -0.120. The molecule has 0 aliphatic heterocycles. The van der Waals surface area contributed by atoms with E-state index in [0.29, 0.717) is 6.54 Å². The largest absolute Gasteiger partial charge is 0.497 e. The summed E-state index contributed by atoms with van der Waals surface area (Å²) in [7, 11) is 1.60. The van der Waals surface area contributed by atoms with Gasteiger partial charge in [-0.2, -0.15) is 0 Å². The molecule has 1 aromatic carbocycles. The highest BCUT2D eigenvalue weighted by Gasteiger charge is 2.20. The Bertz CT molecular complexity index is 435. The Morgan fingerprint density at radius 1 is 1.38 bits per heavy atom. The number of carbonyl (C=O) groups excluding carboxylic acids is 1. The lowest BCUT2D eigenvalue weighted by Gasteiger charge is -2.13. The highest BCUT2D eigenvalue weighted by atomic mass is 35.5. The third kappa shape index (κ3) is 6.33. The average molecular weight is 315 g/mol. The molecule has 118 valence electrons. The van der Waals surface area contributed by atoms with Crippen LogP contribution in [-0.2, 0) is 4.79 Å². The predicted octanol–water partition coefficient (Wildman–Crippen LogP) is 1.27. The van der Waals surface area contributed by atoms with Gasteiger partial charge < -0.3 is 20.5 Å². The van der Waals surface area contributed by atoms with Crippen LogP contribution in [0.4, 0.5) is 0 Å². The van der Waals surface area contributed by atoms with Crippen molar-refractivity contribution in [3.8, 4) is 5.75 Å². The Labute approximate surface area is 131 Å². The number of carbonyl (C=O) groups is 1. The van der Waals surface area contributed by atoms with E-state index in [-0.39, 0.29) is 24.9 Å². The van der Waals surface area contributed by atoms with Crippen molar-refractivity contribution in [3.05, 3.63) is 29.8 Å². The van der Waals surface area contributed by atoms with Gasteiger partial charge in [0.25, 0.3) is 0 Å². The molecule has 21 heavy (non-hydrogen) atoms. The minimum atomic E-state index is -0.701. The van der Waals surface area contributed by atoms with E-state index < -0.39 is 6.10 Å². The van der Waals surface area contributed by atoms with Gasteiger partial charge in [-0.3, -0.25) is 4.79 Å². The molecule has 1 atom stereocenters. The summed E-state index contributed by atoms with van der Waals surface area (Å²) in [6.45, 7) is 1.44. The van der Waals surface area contributed by atoms with Gasteiger partial charge in [0.15, 0.2) is 0 Å². The van der Waals surface area contributed by atoms with E-state index in [1.165, 1.54) is 12.8 Å². The van der Waals surface area contributed by atoms with Crippen LogP contribution >= 0.6 is 12.4 Å². The molecule has 1 saturated carbocycles. The number of aliphatic hydroxyl groups excluding tert-OH is 1. The molecule has 0 aromatic heterocycles. The average Bonchev–Trinajstić information content (AvgIpc) is 3.29. The SMILES string of the molecule is COc1ccc(C(O)CNC(=O)CNCC2CC2)cc1.Cl. The van der Waals surface area contributed by atoms with Crippen molar-refractivity contribution in [2.45, 2.75) is 18.9 Å². The second-order valence-electron chi connectivity index (χ2n) is 5.17. The number of benzene rings is 1. The van der Waals surface area contributed by atoms with Gasteiger partial charge in [0, 0.05) is 6.54 Å². The van der Waals surface area contributed by atoms with Gasteiger partial charge in [-0.25, -0.2) is 0 Å². The lowest BCUT2D eigenvalue weighted by atomic mass is 10.1. The van der Waals surface area contributed by atoms with E-state index in [9.17, 15) is 9.90 Å². The number of rotatable bonds is 8. The summed E-state index contributed by atoms with van der Waals surface area (Å²) in [4.78, 5) is 11.6. The first-order chi connectivity index (χ1) is 9.69. The fraction of sp³-hybridized carbons (Fsp3) is 0.533. The fourth-order valence-electron chi connectivity index (χ4n) is 1.93. The molecule has 0 radical (unpaired) electrons. The number of amides is 1. The van der Waals surface area contributed by atoms with Gasteiger partial charge in [-0.1, -0.05) is 12.1 Å². The Morgan fingerprint density at radius 2 is 2.05 bits per heavy atom. The Morgan fingerprint density at radius 3 is 2.62 bits per heavy atom. The smallest absolute Gasteiger partial charge is 0.234 e. The minimum absolute atomic E-state index is 0. The van der Waals surface area contributed by atoms with Crippen molar-refractivity contribution < 1.29 is 14.6 Å². The zero-order chi connectivity index (χ0) is 14.4. The number of aliphatic hydroxyl groups is 1. The zero-order valence-electron chi connectivity index (χ0n) is 12.2. The van der Waals surface area contributed by atoms with Gasteiger partial charge in [0.2, 0.25) is 5.91 Å². The van der Waals surface area contributed by atoms with Crippen molar-refractivity contribution in [1.29, 1.82) is 0 Å². The van der Waals surface area contributed by atoms with E-state index >= 15 is 0 Å². The van der Waals surface area contributed by atoms with Crippen molar-refractivity contribution in [2.24, 2.45) is 5.92 Å². The van der Waals surface area contributed by atoms with E-state index in [1.807, 2.05) is 0 Å². The first kappa shape index (κ1) is 17.8. The van der Waals surface area contributed by atoms with Crippen LogP contribution in [0, 0.1) is 5.92 Å². The number of ether oxygens (including phenoxy) is 1. The summed E-state index contributed by atoms with van der Waals surface area (Å²) in [6.07, 6.45) is 1.84.